The molecule has 13 heavy (non-hydrogen) atoms. The quantitative estimate of drug-likeness (QED) is 0.511. The first-order chi connectivity index (χ1) is 6.29. The number of anilines is 1. The third-order valence-electron chi connectivity index (χ3n) is 2.00. The molecule has 2 aromatic rings. The van der Waals surface area contributed by atoms with Crippen LogP contribution < -0.4 is 11.3 Å². The van der Waals surface area contributed by atoms with Gasteiger partial charge in [0.25, 0.3) is 0 Å². The number of aryl methyl sites for hydroxylation is 1. The monoisotopic (exact) mass is 173 g/mol. The lowest BCUT2D eigenvalue weighted by Crippen LogP contribution is -2.06. The predicted octanol–water partition coefficient (Wildman–Crippen LogP) is 1.83. The van der Waals surface area contributed by atoms with Crippen LogP contribution in [-0.2, 0) is 0 Å². The van der Waals surface area contributed by atoms with Crippen LogP contribution in [0.15, 0.2) is 30.3 Å². The van der Waals surface area contributed by atoms with Gasteiger partial charge in [0, 0.05) is 11.1 Å². The maximum atomic E-state index is 5.30. The summed E-state index contributed by atoms with van der Waals surface area (Å²) in [6.45, 7) is 1.97. The maximum Gasteiger partial charge on any atom is 0.0726 e. The zero-order chi connectivity index (χ0) is 9.26. The third kappa shape index (κ3) is 1.46. The Morgan fingerprint density at radius 3 is 2.77 bits per heavy atom. The minimum Gasteiger partial charge on any atom is -0.324 e. The Kier molecular flexibility index (Phi) is 1.87. The Morgan fingerprint density at radius 1 is 1.23 bits per heavy atom. The van der Waals surface area contributed by atoms with Gasteiger partial charge in [0.05, 0.1) is 11.2 Å². The Morgan fingerprint density at radius 2 is 2.00 bits per heavy atom. The number of nitrogens with one attached hydrogen (secondary N) is 1. The van der Waals surface area contributed by atoms with E-state index in [2.05, 4.69) is 16.5 Å². The molecular formula is C10H11N3. The van der Waals surface area contributed by atoms with E-state index in [1.165, 1.54) is 0 Å². The second-order valence-electron chi connectivity index (χ2n) is 3.00. The van der Waals surface area contributed by atoms with Gasteiger partial charge < -0.3 is 5.43 Å². The molecule has 0 spiro atoms. The van der Waals surface area contributed by atoms with Crippen molar-refractivity contribution in [1.29, 1.82) is 0 Å². The topological polar surface area (TPSA) is 50.9 Å². The number of hydrogen-bond donors (Lipinski definition) is 2. The first kappa shape index (κ1) is 8.01. The predicted molar refractivity (Wildman–Crippen MR) is 54.3 cm³/mol. The minimum absolute atomic E-state index is 0.880. The number of pyridine rings is 1. The van der Waals surface area contributed by atoms with E-state index >= 15 is 0 Å². The number of rotatable bonds is 1. The lowest BCUT2D eigenvalue weighted by Gasteiger charge is -2.02. The first-order valence-electron chi connectivity index (χ1n) is 4.13. The number of nitrogen functional groups attached to an aromatic ring is 1. The van der Waals surface area contributed by atoms with Crippen LogP contribution in [0.2, 0.25) is 0 Å². The van der Waals surface area contributed by atoms with E-state index in [0.29, 0.717) is 0 Å². The Hall–Kier alpha value is -1.61. The molecule has 3 N–H and O–H groups in total. The second-order valence-corrected chi connectivity index (χ2v) is 3.00. The fourth-order valence-corrected chi connectivity index (χ4v) is 1.31. The molecule has 0 fully saturated rings. The number of benzene rings is 1. The lowest BCUT2D eigenvalue weighted by molar-refractivity contribution is 1.25. The summed E-state index contributed by atoms with van der Waals surface area (Å²) in [5.74, 6) is 5.30. The molecule has 0 saturated carbocycles. The van der Waals surface area contributed by atoms with Gasteiger partial charge >= 0.3 is 0 Å². The molecular weight excluding hydrogens is 162 g/mol. The molecule has 0 saturated heterocycles. The molecule has 0 bridgehead atoms. The number of aromatic nitrogens is 1. The number of nitrogens with two attached hydrogens (primary N) is 1. The second kappa shape index (κ2) is 3.03. The third-order valence-corrected chi connectivity index (χ3v) is 2.00. The van der Waals surface area contributed by atoms with Crippen molar-refractivity contribution in [2.45, 2.75) is 6.92 Å². The molecule has 1 heterocycles. The Balaban J connectivity index is 2.68. The van der Waals surface area contributed by atoms with Crippen molar-refractivity contribution >= 4 is 16.6 Å². The minimum atomic E-state index is 0.880. The zero-order valence-electron chi connectivity index (χ0n) is 7.41. The smallest absolute Gasteiger partial charge is 0.0726 e. The molecule has 2 rings (SSSR count). The standard InChI is InChI=1S/C10H11N3/c1-7-2-3-8-4-5-9(13-11)6-10(8)12-7/h2-6,13H,11H2,1H3. The van der Waals surface area contributed by atoms with Gasteiger partial charge in [-0.05, 0) is 25.1 Å². The largest absolute Gasteiger partial charge is 0.324 e. The SMILES string of the molecule is Cc1ccc2ccc(NN)cc2n1. The van der Waals surface area contributed by atoms with Gasteiger partial charge in [-0.3, -0.25) is 10.8 Å². The fraction of sp³-hybridized carbons (Fsp3) is 0.100. The van der Waals surface area contributed by atoms with Gasteiger partial charge in [-0.1, -0.05) is 12.1 Å². The Bertz CT molecular complexity index is 437. The Labute approximate surface area is 76.6 Å². The molecule has 0 radical (unpaired) electrons. The van der Waals surface area contributed by atoms with Gasteiger partial charge in [-0.2, -0.15) is 0 Å². The summed E-state index contributed by atoms with van der Waals surface area (Å²) in [7, 11) is 0. The molecule has 1 aromatic heterocycles. The average Bonchev–Trinajstić information content (AvgIpc) is 2.16. The van der Waals surface area contributed by atoms with Crippen molar-refractivity contribution in [3.63, 3.8) is 0 Å². The lowest BCUT2D eigenvalue weighted by atomic mass is 10.2. The zero-order valence-corrected chi connectivity index (χ0v) is 7.41. The van der Waals surface area contributed by atoms with E-state index in [-0.39, 0.29) is 0 Å². The fourth-order valence-electron chi connectivity index (χ4n) is 1.31. The van der Waals surface area contributed by atoms with Gasteiger partial charge in [0.15, 0.2) is 0 Å². The van der Waals surface area contributed by atoms with Crippen LogP contribution >= 0.6 is 0 Å². The molecule has 0 aliphatic rings. The van der Waals surface area contributed by atoms with Crippen LogP contribution in [0.4, 0.5) is 5.69 Å². The van der Waals surface area contributed by atoms with Crippen LogP contribution in [0.1, 0.15) is 5.69 Å². The van der Waals surface area contributed by atoms with Crippen LogP contribution in [0.3, 0.4) is 0 Å². The van der Waals surface area contributed by atoms with Crippen LogP contribution in [0, 0.1) is 6.92 Å². The highest BCUT2D eigenvalue weighted by atomic mass is 15.2. The summed E-state index contributed by atoms with van der Waals surface area (Å²) in [4.78, 5) is 4.39. The summed E-state index contributed by atoms with van der Waals surface area (Å²) in [5, 5.41) is 1.13. The molecule has 1 aromatic carbocycles. The maximum absolute atomic E-state index is 5.30. The van der Waals surface area contributed by atoms with Gasteiger partial charge in [0.1, 0.15) is 0 Å². The van der Waals surface area contributed by atoms with Crippen LogP contribution in [0.5, 0.6) is 0 Å². The molecule has 3 nitrogen and oxygen atoms in total. The molecule has 0 amide bonds. The van der Waals surface area contributed by atoms with Crippen molar-refractivity contribution in [2.75, 3.05) is 5.43 Å². The number of hydrogen-bond acceptors (Lipinski definition) is 3. The summed E-state index contributed by atoms with van der Waals surface area (Å²) < 4.78 is 0. The van der Waals surface area contributed by atoms with E-state index in [1.807, 2.05) is 31.2 Å². The number of fused-ring (bicyclic) bond motifs is 1. The van der Waals surface area contributed by atoms with Crippen molar-refractivity contribution in [3.05, 3.63) is 36.0 Å². The molecule has 0 unspecified atom stereocenters. The highest BCUT2D eigenvalue weighted by molar-refractivity contribution is 5.82. The molecule has 66 valence electrons. The van der Waals surface area contributed by atoms with E-state index in [0.717, 1.165) is 22.3 Å². The van der Waals surface area contributed by atoms with Crippen molar-refractivity contribution in [3.8, 4) is 0 Å². The van der Waals surface area contributed by atoms with Crippen molar-refractivity contribution < 1.29 is 0 Å². The highest BCUT2D eigenvalue weighted by Gasteiger charge is 1.96. The normalized spacial score (nSPS) is 10.3. The molecule has 3 heteroatoms. The van der Waals surface area contributed by atoms with Gasteiger partial charge in [0.2, 0.25) is 0 Å². The van der Waals surface area contributed by atoms with Crippen molar-refractivity contribution in [1.82, 2.24) is 4.98 Å². The summed E-state index contributed by atoms with van der Waals surface area (Å²) in [6.07, 6.45) is 0. The molecule has 0 aliphatic carbocycles. The summed E-state index contributed by atoms with van der Waals surface area (Å²) in [6, 6.07) is 9.91. The summed E-state index contributed by atoms with van der Waals surface area (Å²) >= 11 is 0. The van der Waals surface area contributed by atoms with Crippen LogP contribution in [0.25, 0.3) is 10.9 Å². The highest BCUT2D eigenvalue weighted by Crippen LogP contribution is 2.16. The van der Waals surface area contributed by atoms with Gasteiger partial charge in [-0.15, -0.1) is 0 Å². The van der Waals surface area contributed by atoms with Crippen LogP contribution in [-0.4, -0.2) is 4.98 Å². The number of nitrogens with zero attached hydrogens (tertiary/aromatic N) is 1. The van der Waals surface area contributed by atoms with E-state index < -0.39 is 0 Å². The average molecular weight is 173 g/mol. The van der Waals surface area contributed by atoms with E-state index in [1.54, 1.807) is 0 Å². The number of hydrazine groups is 1. The molecule has 0 atom stereocenters. The summed E-state index contributed by atoms with van der Waals surface area (Å²) in [5.41, 5.74) is 5.46. The van der Waals surface area contributed by atoms with E-state index in [4.69, 9.17) is 5.84 Å². The van der Waals surface area contributed by atoms with Crippen molar-refractivity contribution in [2.24, 2.45) is 5.84 Å². The first-order valence-corrected chi connectivity index (χ1v) is 4.13. The molecule has 0 aliphatic heterocycles. The van der Waals surface area contributed by atoms with E-state index in [9.17, 15) is 0 Å². The van der Waals surface area contributed by atoms with Gasteiger partial charge in [-0.25, -0.2) is 0 Å².